The highest BCUT2D eigenvalue weighted by molar-refractivity contribution is 7.89. The van der Waals surface area contributed by atoms with Crippen LogP contribution in [0.2, 0.25) is 0 Å². The normalized spacial score (nSPS) is 20.5. The van der Waals surface area contributed by atoms with Crippen molar-refractivity contribution < 1.29 is 13.2 Å². The van der Waals surface area contributed by atoms with Gasteiger partial charge >= 0.3 is 0 Å². The minimum atomic E-state index is -3.69. The summed E-state index contributed by atoms with van der Waals surface area (Å²) in [7, 11) is -3.69. The van der Waals surface area contributed by atoms with Crippen molar-refractivity contribution in [3.05, 3.63) is 23.4 Å². The Morgan fingerprint density at radius 3 is 2.56 bits per heavy atom. The van der Waals surface area contributed by atoms with Crippen LogP contribution in [0.5, 0.6) is 0 Å². The number of rotatable bonds is 2. The number of carbonyl (C=O) groups excluding carboxylic acids is 1. The van der Waals surface area contributed by atoms with Crippen LogP contribution in [0.1, 0.15) is 17.7 Å². The quantitative estimate of drug-likeness (QED) is 0.823. The molecule has 18 heavy (non-hydrogen) atoms. The molecule has 1 aromatic rings. The molecule has 1 aliphatic heterocycles. The van der Waals surface area contributed by atoms with Gasteiger partial charge in [0.25, 0.3) is 0 Å². The summed E-state index contributed by atoms with van der Waals surface area (Å²) in [5, 5.41) is 4.24. The Labute approximate surface area is 106 Å². The van der Waals surface area contributed by atoms with E-state index < -0.39 is 15.3 Å². The molecule has 2 rings (SSSR count). The van der Waals surface area contributed by atoms with Gasteiger partial charge in [-0.2, -0.15) is 0 Å². The zero-order valence-corrected chi connectivity index (χ0v) is 11.1. The second kappa shape index (κ2) is 4.33. The number of pyridine rings is 1. The SMILES string of the molecule is Cc1cc(C)nc(N2CC(S(N)(=O)=O)CC2=O)c1. The van der Waals surface area contributed by atoms with Crippen molar-refractivity contribution in [2.75, 3.05) is 11.4 Å². The summed E-state index contributed by atoms with van der Waals surface area (Å²) in [4.78, 5) is 17.5. The molecule has 1 aliphatic rings. The van der Waals surface area contributed by atoms with Crippen molar-refractivity contribution in [3.8, 4) is 0 Å². The number of hydrogen-bond donors (Lipinski definition) is 1. The molecule has 6 nitrogen and oxygen atoms in total. The van der Waals surface area contributed by atoms with Gasteiger partial charge in [-0.15, -0.1) is 0 Å². The number of aromatic nitrogens is 1. The molecular weight excluding hydrogens is 254 g/mol. The Bertz CT molecular complexity index is 577. The fourth-order valence-electron chi connectivity index (χ4n) is 2.07. The zero-order valence-electron chi connectivity index (χ0n) is 10.3. The van der Waals surface area contributed by atoms with Gasteiger partial charge < -0.3 is 0 Å². The summed E-state index contributed by atoms with van der Waals surface area (Å²) in [5.74, 6) is 0.232. The van der Waals surface area contributed by atoms with Gasteiger partial charge in [-0.3, -0.25) is 9.69 Å². The number of hydrogen-bond acceptors (Lipinski definition) is 4. The summed E-state index contributed by atoms with van der Waals surface area (Å²) < 4.78 is 22.5. The van der Waals surface area contributed by atoms with Gasteiger partial charge in [-0.25, -0.2) is 18.5 Å². The standard InChI is InChI=1S/C11H15N3O3S/c1-7-3-8(2)13-10(4-7)14-6-9(5-11(14)15)18(12,16)17/h3-4,9H,5-6H2,1-2H3,(H2,12,16,17). The third-order valence-corrected chi connectivity index (χ3v) is 4.16. The molecule has 1 unspecified atom stereocenters. The monoisotopic (exact) mass is 269 g/mol. The molecule has 1 fully saturated rings. The van der Waals surface area contributed by atoms with E-state index in [4.69, 9.17) is 5.14 Å². The molecule has 0 spiro atoms. The lowest BCUT2D eigenvalue weighted by molar-refractivity contribution is -0.117. The van der Waals surface area contributed by atoms with E-state index in [9.17, 15) is 13.2 Å². The highest BCUT2D eigenvalue weighted by atomic mass is 32.2. The van der Waals surface area contributed by atoms with Gasteiger partial charge in [0, 0.05) is 18.7 Å². The lowest BCUT2D eigenvalue weighted by Gasteiger charge is -2.16. The van der Waals surface area contributed by atoms with Crippen LogP contribution in [-0.4, -0.2) is 31.1 Å². The first-order valence-corrected chi connectivity index (χ1v) is 7.15. The first-order valence-electron chi connectivity index (χ1n) is 5.54. The summed E-state index contributed by atoms with van der Waals surface area (Å²) in [6.45, 7) is 3.80. The molecule has 0 saturated carbocycles. The van der Waals surface area contributed by atoms with Crippen LogP contribution in [0.15, 0.2) is 12.1 Å². The largest absolute Gasteiger partial charge is 0.295 e. The molecule has 7 heteroatoms. The fourth-order valence-corrected chi connectivity index (χ4v) is 2.81. The lowest BCUT2D eigenvalue weighted by Crippen LogP contribution is -2.32. The molecule has 1 saturated heterocycles. The maximum atomic E-state index is 11.8. The molecule has 0 bridgehead atoms. The van der Waals surface area contributed by atoms with E-state index >= 15 is 0 Å². The van der Waals surface area contributed by atoms with Crippen LogP contribution >= 0.6 is 0 Å². The van der Waals surface area contributed by atoms with E-state index in [0.717, 1.165) is 11.3 Å². The molecule has 0 aromatic carbocycles. The van der Waals surface area contributed by atoms with Crippen LogP contribution in [0, 0.1) is 13.8 Å². The van der Waals surface area contributed by atoms with Gasteiger partial charge in [-0.1, -0.05) is 0 Å². The number of aryl methyl sites for hydroxylation is 2. The minimum absolute atomic E-state index is 0.0759. The summed E-state index contributed by atoms with van der Waals surface area (Å²) in [5.41, 5.74) is 1.77. The van der Waals surface area contributed by atoms with Crippen molar-refractivity contribution in [2.24, 2.45) is 5.14 Å². The smallest absolute Gasteiger partial charge is 0.229 e. The predicted molar refractivity (Wildman–Crippen MR) is 67.6 cm³/mol. The minimum Gasteiger partial charge on any atom is -0.295 e. The van der Waals surface area contributed by atoms with Crippen molar-refractivity contribution in [2.45, 2.75) is 25.5 Å². The number of carbonyl (C=O) groups is 1. The molecule has 0 radical (unpaired) electrons. The van der Waals surface area contributed by atoms with Gasteiger partial charge in [0.1, 0.15) is 11.1 Å². The van der Waals surface area contributed by atoms with Crippen LogP contribution in [0.3, 0.4) is 0 Å². The van der Waals surface area contributed by atoms with E-state index in [-0.39, 0.29) is 18.9 Å². The molecule has 1 amide bonds. The van der Waals surface area contributed by atoms with Crippen LogP contribution < -0.4 is 10.0 Å². The maximum absolute atomic E-state index is 11.8. The number of anilines is 1. The Balaban J connectivity index is 2.32. The average Bonchev–Trinajstić information content (AvgIpc) is 2.58. The first-order chi connectivity index (χ1) is 8.27. The highest BCUT2D eigenvalue weighted by Crippen LogP contribution is 2.23. The summed E-state index contributed by atoms with van der Waals surface area (Å²) in [6.07, 6.45) is -0.0759. The average molecular weight is 269 g/mol. The van der Waals surface area contributed by atoms with Crippen LogP contribution in [0.4, 0.5) is 5.82 Å². The Morgan fingerprint density at radius 2 is 2.06 bits per heavy atom. The summed E-state index contributed by atoms with van der Waals surface area (Å²) >= 11 is 0. The van der Waals surface area contributed by atoms with E-state index in [1.807, 2.05) is 19.9 Å². The number of sulfonamides is 1. The van der Waals surface area contributed by atoms with E-state index in [0.29, 0.717) is 5.82 Å². The van der Waals surface area contributed by atoms with E-state index in [1.54, 1.807) is 6.07 Å². The predicted octanol–water partition coefficient (Wildman–Crippen LogP) is 0.0922. The molecular formula is C11H15N3O3S. The summed E-state index contributed by atoms with van der Waals surface area (Å²) in [6, 6.07) is 3.65. The van der Waals surface area contributed by atoms with Crippen LogP contribution in [-0.2, 0) is 14.8 Å². The number of primary sulfonamides is 1. The molecule has 2 heterocycles. The number of nitrogens with zero attached hydrogens (tertiary/aromatic N) is 2. The second-order valence-corrected chi connectivity index (χ2v) is 6.41. The van der Waals surface area contributed by atoms with Gasteiger partial charge in [0.2, 0.25) is 15.9 Å². The first kappa shape index (κ1) is 13.0. The van der Waals surface area contributed by atoms with Gasteiger partial charge in [-0.05, 0) is 31.5 Å². The Morgan fingerprint density at radius 1 is 1.39 bits per heavy atom. The second-order valence-electron chi connectivity index (χ2n) is 4.56. The zero-order chi connectivity index (χ0) is 13.5. The van der Waals surface area contributed by atoms with Crippen LogP contribution in [0.25, 0.3) is 0 Å². The fraction of sp³-hybridized carbons (Fsp3) is 0.455. The maximum Gasteiger partial charge on any atom is 0.229 e. The van der Waals surface area contributed by atoms with E-state index in [2.05, 4.69) is 4.98 Å². The lowest BCUT2D eigenvalue weighted by atomic mass is 10.2. The molecule has 1 aromatic heterocycles. The Kier molecular flexibility index (Phi) is 3.12. The third-order valence-electron chi connectivity index (χ3n) is 2.91. The molecule has 98 valence electrons. The Hall–Kier alpha value is -1.47. The van der Waals surface area contributed by atoms with Gasteiger partial charge in [0.05, 0.1) is 0 Å². The molecule has 0 aliphatic carbocycles. The van der Waals surface area contributed by atoms with Crippen molar-refractivity contribution in [1.82, 2.24) is 4.98 Å². The highest BCUT2D eigenvalue weighted by Gasteiger charge is 2.37. The topological polar surface area (TPSA) is 93.4 Å². The number of amides is 1. The van der Waals surface area contributed by atoms with Crippen molar-refractivity contribution in [3.63, 3.8) is 0 Å². The number of nitrogens with two attached hydrogens (primary N) is 1. The van der Waals surface area contributed by atoms with E-state index in [1.165, 1.54) is 4.90 Å². The van der Waals surface area contributed by atoms with Gasteiger partial charge in [0.15, 0.2) is 0 Å². The molecule has 1 atom stereocenters. The van der Waals surface area contributed by atoms with Crippen molar-refractivity contribution >= 4 is 21.7 Å². The third kappa shape index (κ3) is 2.51. The van der Waals surface area contributed by atoms with Crippen molar-refractivity contribution in [1.29, 1.82) is 0 Å². The molecule has 2 N–H and O–H groups in total.